The Labute approximate surface area is 138 Å². The number of nitrogens with zero attached hydrogens (tertiary/aromatic N) is 3. The number of carbonyl (C=O) groups excluding carboxylic acids is 1. The first-order valence-electron chi connectivity index (χ1n) is 7.68. The van der Waals surface area contributed by atoms with Gasteiger partial charge in [-0.05, 0) is 24.6 Å². The van der Waals surface area contributed by atoms with Gasteiger partial charge in [0.15, 0.2) is 0 Å². The van der Waals surface area contributed by atoms with Crippen molar-refractivity contribution in [2.75, 3.05) is 26.2 Å². The molecule has 0 spiro atoms. The van der Waals surface area contributed by atoms with E-state index in [1.165, 1.54) is 21.3 Å². The number of benzene rings is 1. The Kier molecular flexibility index (Phi) is 7.20. The van der Waals surface area contributed by atoms with Crippen LogP contribution in [0.15, 0.2) is 29.2 Å². The van der Waals surface area contributed by atoms with Crippen LogP contribution in [0.25, 0.3) is 0 Å². The number of sulfonamides is 1. The van der Waals surface area contributed by atoms with Gasteiger partial charge >= 0.3 is 0 Å². The minimum absolute atomic E-state index is 0.0142. The summed E-state index contributed by atoms with van der Waals surface area (Å²) in [6, 6.07) is 7.96. The second-order valence-corrected chi connectivity index (χ2v) is 6.94. The summed E-state index contributed by atoms with van der Waals surface area (Å²) in [5, 5.41) is 8.83. The minimum atomic E-state index is -3.61. The molecule has 1 aromatic rings. The molecule has 0 N–H and O–H groups in total. The average molecular weight is 337 g/mol. The van der Waals surface area contributed by atoms with E-state index >= 15 is 0 Å². The van der Waals surface area contributed by atoms with Crippen molar-refractivity contribution in [3.8, 4) is 6.07 Å². The van der Waals surface area contributed by atoms with Crippen molar-refractivity contribution in [2.24, 2.45) is 0 Å². The largest absolute Gasteiger partial charge is 0.325 e. The van der Waals surface area contributed by atoms with Crippen LogP contribution in [-0.4, -0.2) is 49.7 Å². The Morgan fingerprint density at radius 2 is 1.87 bits per heavy atom. The molecule has 0 aliphatic heterocycles. The smallest absolute Gasteiger partial charge is 0.254 e. The highest BCUT2D eigenvalue weighted by Gasteiger charge is 2.23. The van der Waals surface area contributed by atoms with Gasteiger partial charge in [-0.2, -0.15) is 9.57 Å². The van der Waals surface area contributed by atoms with Crippen LogP contribution in [0, 0.1) is 11.3 Å². The van der Waals surface area contributed by atoms with Crippen LogP contribution in [0.3, 0.4) is 0 Å². The molecule has 6 nitrogen and oxygen atoms in total. The highest BCUT2D eigenvalue weighted by molar-refractivity contribution is 7.89. The van der Waals surface area contributed by atoms with Gasteiger partial charge in [-0.25, -0.2) is 8.42 Å². The highest BCUT2D eigenvalue weighted by Crippen LogP contribution is 2.18. The zero-order valence-electron chi connectivity index (χ0n) is 13.8. The summed E-state index contributed by atoms with van der Waals surface area (Å²) in [7, 11) is -3.61. The van der Waals surface area contributed by atoms with Crippen LogP contribution in [-0.2, 0) is 10.0 Å². The summed E-state index contributed by atoms with van der Waals surface area (Å²) in [5.74, 6) is -0.329. The summed E-state index contributed by atoms with van der Waals surface area (Å²) in [6.07, 6.45) is 0.727. The Hall–Kier alpha value is -1.91. The Bertz CT molecular complexity index is 676. The van der Waals surface area contributed by atoms with Crippen LogP contribution in [0.4, 0.5) is 0 Å². The first-order valence-corrected chi connectivity index (χ1v) is 9.12. The maximum Gasteiger partial charge on any atom is 0.254 e. The van der Waals surface area contributed by atoms with E-state index in [-0.39, 0.29) is 22.9 Å². The lowest BCUT2D eigenvalue weighted by Gasteiger charge is -2.21. The molecule has 0 radical (unpaired) electrons. The number of hydrogen-bond acceptors (Lipinski definition) is 4. The van der Waals surface area contributed by atoms with Crippen molar-refractivity contribution in [2.45, 2.75) is 32.1 Å². The molecular weight excluding hydrogens is 314 g/mol. The third-order valence-corrected chi connectivity index (χ3v) is 5.51. The van der Waals surface area contributed by atoms with Gasteiger partial charge in [0.05, 0.1) is 11.0 Å². The highest BCUT2D eigenvalue weighted by atomic mass is 32.2. The van der Waals surface area contributed by atoms with E-state index in [4.69, 9.17) is 5.26 Å². The van der Waals surface area contributed by atoms with Gasteiger partial charge in [-0.3, -0.25) is 4.79 Å². The Morgan fingerprint density at radius 1 is 1.22 bits per heavy atom. The SMILES string of the molecule is CCCN(CC#N)C(=O)c1cccc(S(=O)(=O)N(CC)CC)c1. The lowest BCUT2D eigenvalue weighted by Crippen LogP contribution is -2.33. The molecule has 0 bridgehead atoms. The summed E-state index contributed by atoms with van der Waals surface area (Å²) in [6.45, 7) is 6.64. The topological polar surface area (TPSA) is 81.5 Å². The van der Waals surface area contributed by atoms with E-state index in [2.05, 4.69) is 0 Å². The molecule has 0 aliphatic rings. The molecule has 0 fully saturated rings. The van der Waals surface area contributed by atoms with Gasteiger partial charge in [0, 0.05) is 25.2 Å². The van der Waals surface area contributed by atoms with Gasteiger partial charge in [-0.1, -0.05) is 26.8 Å². The summed E-state index contributed by atoms with van der Waals surface area (Å²) in [4.78, 5) is 14.0. The third-order valence-electron chi connectivity index (χ3n) is 3.47. The fraction of sp³-hybridized carbons (Fsp3) is 0.500. The monoisotopic (exact) mass is 337 g/mol. The van der Waals surface area contributed by atoms with E-state index in [1.54, 1.807) is 26.0 Å². The predicted molar refractivity (Wildman–Crippen MR) is 88.4 cm³/mol. The van der Waals surface area contributed by atoms with E-state index in [0.29, 0.717) is 19.6 Å². The van der Waals surface area contributed by atoms with Gasteiger partial charge in [-0.15, -0.1) is 0 Å². The lowest BCUT2D eigenvalue weighted by molar-refractivity contribution is 0.0776. The summed E-state index contributed by atoms with van der Waals surface area (Å²) in [5.41, 5.74) is 0.280. The van der Waals surface area contributed by atoms with Crippen LogP contribution < -0.4 is 0 Å². The van der Waals surface area contributed by atoms with Gasteiger partial charge in [0.25, 0.3) is 5.91 Å². The van der Waals surface area contributed by atoms with Crippen molar-refractivity contribution in [1.29, 1.82) is 5.26 Å². The molecule has 126 valence electrons. The molecule has 0 saturated heterocycles. The van der Waals surface area contributed by atoms with Crippen LogP contribution in [0.2, 0.25) is 0 Å². The molecule has 0 saturated carbocycles. The second-order valence-electron chi connectivity index (χ2n) is 5.00. The molecule has 0 heterocycles. The maximum atomic E-state index is 12.5. The summed E-state index contributed by atoms with van der Waals surface area (Å²) >= 11 is 0. The van der Waals surface area contributed by atoms with E-state index in [1.807, 2.05) is 13.0 Å². The average Bonchev–Trinajstić information content (AvgIpc) is 2.55. The molecule has 0 atom stereocenters. The van der Waals surface area contributed by atoms with E-state index < -0.39 is 10.0 Å². The minimum Gasteiger partial charge on any atom is -0.325 e. The zero-order chi connectivity index (χ0) is 17.5. The fourth-order valence-electron chi connectivity index (χ4n) is 2.29. The quantitative estimate of drug-likeness (QED) is 0.680. The number of hydrogen-bond donors (Lipinski definition) is 0. The predicted octanol–water partition coefficient (Wildman–Crippen LogP) is 2.09. The maximum absolute atomic E-state index is 12.5. The molecule has 1 amide bonds. The van der Waals surface area contributed by atoms with Crippen molar-refractivity contribution in [3.63, 3.8) is 0 Å². The lowest BCUT2D eigenvalue weighted by atomic mass is 10.2. The molecule has 1 aromatic carbocycles. The molecule has 0 unspecified atom stereocenters. The third kappa shape index (κ3) is 4.53. The number of carbonyl (C=O) groups is 1. The Balaban J connectivity index is 3.19. The number of nitriles is 1. The van der Waals surface area contributed by atoms with Gasteiger partial charge < -0.3 is 4.90 Å². The molecule has 0 aromatic heterocycles. The van der Waals surface area contributed by atoms with Crippen LogP contribution in [0.1, 0.15) is 37.6 Å². The molecular formula is C16H23N3O3S. The molecule has 23 heavy (non-hydrogen) atoms. The van der Waals surface area contributed by atoms with Crippen molar-refractivity contribution >= 4 is 15.9 Å². The Morgan fingerprint density at radius 3 is 2.39 bits per heavy atom. The first kappa shape index (κ1) is 19.1. The molecule has 1 rings (SSSR count). The molecule has 0 aliphatic carbocycles. The van der Waals surface area contributed by atoms with Crippen molar-refractivity contribution in [1.82, 2.24) is 9.21 Å². The van der Waals surface area contributed by atoms with Crippen molar-refractivity contribution in [3.05, 3.63) is 29.8 Å². The van der Waals surface area contributed by atoms with E-state index in [0.717, 1.165) is 6.42 Å². The molecule has 7 heteroatoms. The van der Waals surface area contributed by atoms with E-state index in [9.17, 15) is 13.2 Å². The summed E-state index contributed by atoms with van der Waals surface area (Å²) < 4.78 is 26.4. The normalized spacial score (nSPS) is 11.3. The van der Waals surface area contributed by atoms with Crippen molar-refractivity contribution < 1.29 is 13.2 Å². The van der Waals surface area contributed by atoms with Gasteiger partial charge in [0.2, 0.25) is 10.0 Å². The first-order chi connectivity index (χ1) is 10.9. The van der Waals surface area contributed by atoms with Crippen LogP contribution >= 0.6 is 0 Å². The van der Waals surface area contributed by atoms with Gasteiger partial charge in [0.1, 0.15) is 6.54 Å². The standard InChI is InChI=1S/C16H23N3O3S/c1-4-11-18(12-10-17)16(20)14-8-7-9-15(13-14)23(21,22)19(5-2)6-3/h7-9,13H,4-6,11-12H2,1-3H3. The number of rotatable bonds is 8. The second kappa shape index (κ2) is 8.65. The number of amides is 1. The van der Waals surface area contributed by atoms with Crippen LogP contribution in [0.5, 0.6) is 0 Å². The fourth-order valence-corrected chi connectivity index (χ4v) is 3.80. The zero-order valence-corrected chi connectivity index (χ0v) is 14.6.